The number of aromatic amines is 2. The molecular weight excluding hydrogens is 784 g/mol. The normalized spacial score (nSPS) is 12.8. The molecule has 2 aromatic heterocycles. The van der Waals surface area contributed by atoms with Gasteiger partial charge >= 0.3 is 40.9 Å². The Morgan fingerprint density at radius 2 is 0.836 bits per heavy atom. The monoisotopic (exact) mass is 841 g/mol. The molecule has 0 saturated heterocycles. The van der Waals surface area contributed by atoms with Crippen LogP contribution >= 0.6 is 0 Å². The fourth-order valence-corrected chi connectivity index (χ4v) is 2.71. The third kappa shape index (κ3) is 42.0. The number of aliphatic carboxylic acids is 6. The number of nitrogens with zero attached hydrogens (tertiary/aromatic N) is 2. The predicted molar refractivity (Wildman–Crippen MR) is 190 cm³/mol. The molecule has 0 aliphatic heterocycles. The number of rotatable bonds is 18. The van der Waals surface area contributed by atoms with Gasteiger partial charge in [-0.1, -0.05) is 12.8 Å². The fourth-order valence-electron chi connectivity index (χ4n) is 2.71. The molecule has 2 heterocycles. The summed E-state index contributed by atoms with van der Waals surface area (Å²) in [5.41, 5.74) is 42.4. The van der Waals surface area contributed by atoms with Gasteiger partial charge in [-0.2, -0.15) is 0 Å². The Morgan fingerprint density at radius 3 is 1.00 bits per heavy atom. The maximum atomic E-state index is 10.3. The third-order valence-corrected chi connectivity index (χ3v) is 5.94. The van der Waals surface area contributed by atoms with Gasteiger partial charge in [-0.25, -0.2) is 9.97 Å². The van der Waals surface area contributed by atoms with Gasteiger partial charge in [0.25, 0.3) is 0 Å². The van der Waals surface area contributed by atoms with Crippen LogP contribution in [0.1, 0.15) is 63.8 Å². The van der Waals surface area contributed by atoms with Crippen molar-refractivity contribution in [1.82, 2.24) is 19.9 Å². The average Bonchev–Trinajstić information content (AvgIpc) is 3.81. The number of carboxylic acid groups (broad SMARTS) is 6. The van der Waals surface area contributed by atoms with E-state index in [1.807, 2.05) is 0 Å². The van der Waals surface area contributed by atoms with Gasteiger partial charge in [0.2, 0.25) is 0 Å². The van der Waals surface area contributed by atoms with Gasteiger partial charge in [0.05, 0.1) is 24.6 Å². The summed E-state index contributed by atoms with van der Waals surface area (Å²) in [4.78, 5) is 72.7. The van der Waals surface area contributed by atoms with Crippen molar-refractivity contribution in [2.24, 2.45) is 45.9 Å². The standard InChI is InChI=1S/2C6H9N3O2.2C6H14N2O2.2C3H7NO2.Cu/c2*7-5(6(10)11)1-4-2-8-3-9-4;2*7-4-2-1-3-5(8)6(9)10;2*1-2(4)3(5)6;/h2*2-3,5H,1,7H2,(H,8,9)(H,10,11);2*5H,1-4,7-8H2,(H,9,10);2*2H,4H2,1H3,(H,5,6);/q;;;;;;+2/p-2/t4*5-;2*2-;/m000000./s1. The molecule has 0 bridgehead atoms. The van der Waals surface area contributed by atoms with Crippen molar-refractivity contribution in [2.75, 3.05) is 13.1 Å². The maximum absolute atomic E-state index is 10.3. The summed E-state index contributed by atoms with van der Waals surface area (Å²) in [5, 5.41) is 52.4. The van der Waals surface area contributed by atoms with E-state index in [9.17, 15) is 39.0 Å². The summed E-state index contributed by atoms with van der Waals surface area (Å²) in [5.74, 6) is -6.29. The molecule has 0 aliphatic carbocycles. The van der Waals surface area contributed by atoms with Crippen molar-refractivity contribution in [2.45, 2.75) is 101 Å². The summed E-state index contributed by atoms with van der Waals surface area (Å²) in [7, 11) is 0. The molecule has 2 rings (SSSR count). The van der Waals surface area contributed by atoms with E-state index in [0.717, 1.165) is 37.1 Å². The largest absolute Gasteiger partial charge is 2.00 e. The van der Waals surface area contributed by atoms with Crippen molar-refractivity contribution >= 4 is 35.8 Å². The first kappa shape index (κ1) is 59.7. The summed E-state index contributed by atoms with van der Waals surface area (Å²) in [6.45, 7) is 3.92. The van der Waals surface area contributed by atoms with Gasteiger partial charge in [0, 0.05) is 48.7 Å². The Labute approximate surface area is 328 Å². The molecule has 0 aliphatic rings. The minimum atomic E-state index is -1.21. The molecule has 321 valence electrons. The zero-order valence-electron chi connectivity index (χ0n) is 30.7. The quantitative estimate of drug-likeness (QED) is 0.0490. The number of hydrogen-bond donors (Lipinski definition) is 14. The van der Waals surface area contributed by atoms with E-state index in [2.05, 4.69) is 19.9 Å². The van der Waals surface area contributed by atoms with Crippen LogP contribution in [0.25, 0.3) is 0 Å². The van der Waals surface area contributed by atoms with Crippen LogP contribution < -0.4 is 56.1 Å². The zero-order valence-corrected chi connectivity index (χ0v) is 31.7. The molecule has 0 amide bonds. The SMILES string of the molecule is C[C@H](N)C(=O)[O-].C[C@H](N)C(=O)[O-].NCCCC[C@H](N)C(=O)O.NCCCC[C@H](N)C(=O)O.N[C@@H](Cc1cnc[nH]1)C(=O)O.N[C@@H](Cc1cnc[nH]1)C(=O)O.[Cu+2]. The van der Waals surface area contributed by atoms with Gasteiger partial charge in [-0.3, -0.25) is 19.2 Å². The molecule has 1 radical (unpaired) electrons. The molecule has 0 aromatic carbocycles. The van der Waals surface area contributed by atoms with Crippen LogP contribution in [-0.2, 0) is 58.7 Å². The molecule has 0 fully saturated rings. The van der Waals surface area contributed by atoms with Gasteiger partial charge in [-0.05, 0) is 52.6 Å². The molecule has 55 heavy (non-hydrogen) atoms. The maximum Gasteiger partial charge on any atom is 2.00 e. The zero-order chi connectivity index (χ0) is 42.8. The second kappa shape index (κ2) is 37.7. The van der Waals surface area contributed by atoms with Crippen molar-refractivity contribution in [1.29, 1.82) is 0 Å². The number of carbonyl (C=O) groups is 6. The number of nitrogens with one attached hydrogen (secondary N) is 2. The van der Waals surface area contributed by atoms with Gasteiger partial charge in [-0.15, -0.1) is 0 Å². The molecule has 0 saturated carbocycles. The summed E-state index contributed by atoms with van der Waals surface area (Å²) in [6, 6.07) is -4.82. The topological polar surface area (TPSA) is 495 Å². The number of hydrogen-bond acceptors (Lipinski definition) is 18. The van der Waals surface area contributed by atoms with Crippen LogP contribution in [-0.4, -0.2) is 126 Å². The second-order valence-electron chi connectivity index (χ2n) is 11.1. The van der Waals surface area contributed by atoms with Crippen LogP contribution in [0.15, 0.2) is 25.0 Å². The first-order chi connectivity index (χ1) is 25.0. The molecule has 2 aromatic rings. The first-order valence-corrected chi connectivity index (χ1v) is 16.3. The molecular formula is C30H58CuN12O12. The molecule has 0 spiro atoms. The van der Waals surface area contributed by atoms with Crippen molar-refractivity contribution in [3.63, 3.8) is 0 Å². The molecule has 0 unspecified atom stereocenters. The van der Waals surface area contributed by atoms with E-state index in [1.54, 1.807) is 12.4 Å². The van der Waals surface area contributed by atoms with Crippen LogP contribution in [0.4, 0.5) is 0 Å². The van der Waals surface area contributed by atoms with E-state index in [0.29, 0.717) is 25.9 Å². The van der Waals surface area contributed by atoms with E-state index in [1.165, 1.54) is 26.5 Å². The Morgan fingerprint density at radius 1 is 0.582 bits per heavy atom. The second-order valence-corrected chi connectivity index (χ2v) is 11.1. The minimum absolute atomic E-state index is 0. The summed E-state index contributed by atoms with van der Waals surface area (Å²) in [6.07, 6.45) is 11.0. The number of carboxylic acids is 6. The summed E-state index contributed by atoms with van der Waals surface area (Å²) < 4.78 is 0. The van der Waals surface area contributed by atoms with E-state index >= 15 is 0 Å². The van der Waals surface area contributed by atoms with Crippen LogP contribution in [0.2, 0.25) is 0 Å². The van der Waals surface area contributed by atoms with Crippen molar-refractivity contribution in [3.8, 4) is 0 Å². The number of aromatic nitrogens is 4. The predicted octanol–water partition coefficient (Wildman–Crippen LogP) is -6.05. The first-order valence-electron chi connectivity index (χ1n) is 16.3. The molecule has 6 atom stereocenters. The number of H-pyrrole nitrogens is 2. The number of unbranched alkanes of at least 4 members (excludes halogenated alkanes) is 2. The summed E-state index contributed by atoms with van der Waals surface area (Å²) >= 11 is 0. The van der Waals surface area contributed by atoms with Gasteiger partial charge < -0.3 is 96.1 Å². The van der Waals surface area contributed by atoms with Crippen molar-refractivity contribution in [3.05, 3.63) is 36.4 Å². The smallest absolute Gasteiger partial charge is 0.548 e. The van der Waals surface area contributed by atoms with E-state index in [4.69, 9.17) is 66.3 Å². The van der Waals surface area contributed by atoms with Crippen LogP contribution in [0.3, 0.4) is 0 Å². The molecule has 24 nitrogen and oxygen atoms in total. The number of carbonyl (C=O) groups excluding carboxylic acids is 2. The van der Waals surface area contributed by atoms with Crippen LogP contribution in [0, 0.1) is 0 Å². The third-order valence-electron chi connectivity index (χ3n) is 5.94. The number of nitrogens with two attached hydrogens (primary N) is 8. The van der Waals surface area contributed by atoms with Crippen LogP contribution in [0.5, 0.6) is 0 Å². The van der Waals surface area contributed by atoms with E-state index < -0.39 is 72.1 Å². The number of imidazole rings is 2. The molecule has 25 heteroatoms. The molecule has 22 N–H and O–H groups in total. The average molecular weight is 842 g/mol. The Balaban J connectivity index is -0.000000184. The Kier molecular flexibility index (Phi) is 41.0. The Hall–Kier alpha value is -4.56. The van der Waals surface area contributed by atoms with Gasteiger partial charge in [0.15, 0.2) is 0 Å². The Bertz CT molecular complexity index is 1180. The van der Waals surface area contributed by atoms with Gasteiger partial charge in [0.1, 0.15) is 24.2 Å². The van der Waals surface area contributed by atoms with E-state index in [-0.39, 0.29) is 29.9 Å². The minimum Gasteiger partial charge on any atom is -0.548 e. The fraction of sp³-hybridized carbons (Fsp3) is 0.600. The van der Waals surface area contributed by atoms with Crippen molar-refractivity contribution < 1.29 is 76.5 Å².